The van der Waals surface area contributed by atoms with E-state index < -0.39 is 5.92 Å². The molecule has 3 aromatic heterocycles. The van der Waals surface area contributed by atoms with Crippen molar-refractivity contribution in [2.24, 2.45) is 0 Å². The monoisotopic (exact) mass is 449 g/mol. The number of nitrogens with zero attached hydrogens (tertiary/aromatic N) is 4. The summed E-state index contributed by atoms with van der Waals surface area (Å²) in [5.74, 6) is 0.916. The van der Waals surface area contributed by atoms with Gasteiger partial charge in [-0.3, -0.25) is 4.79 Å². The number of aryl methyl sites for hydroxylation is 1. The number of aromatic amines is 1. The standard InChI is InChI=1S/C22H13Cl2N5O2/c1-10-26-20-18-16(11-2-4-12(23)5-3-11)17-19(31-22(18)25-9-29(20)28-10)14-8-13(24)6-7-15(14)27-21(17)30/h2-9,16H,1H3,(H,27,30). The van der Waals surface area contributed by atoms with Crippen LogP contribution in [0, 0.1) is 6.92 Å². The van der Waals surface area contributed by atoms with E-state index in [1.54, 1.807) is 48.1 Å². The Hall–Kier alpha value is -3.42. The highest BCUT2D eigenvalue weighted by Crippen LogP contribution is 2.48. The van der Waals surface area contributed by atoms with Crippen molar-refractivity contribution < 1.29 is 4.74 Å². The number of benzene rings is 2. The number of aromatic nitrogens is 5. The van der Waals surface area contributed by atoms with Crippen LogP contribution in [0.15, 0.2) is 53.6 Å². The van der Waals surface area contributed by atoms with Crippen LogP contribution in [-0.4, -0.2) is 24.6 Å². The number of hydrogen-bond donors (Lipinski definition) is 1. The highest BCUT2D eigenvalue weighted by Gasteiger charge is 2.36. The van der Waals surface area contributed by atoms with Crippen LogP contribution < -0.4 is 10.3 Å². The van der Waals surface area contributed by atoms with Crippen LogP contribution in [0.1, 0.15) is 28.4 Å². The second-order valence-corrected chi connectivity index (χ2v) is 8.24. The van der Waals surface area contributed by atoms with E-state index in [1.165, 1.54) is 0 Å². The summed E-state index contributed by atoms with van der Waals surface area (Å²) in [4.78, 5) is 25.3. The Balaban J connectivity index is 1.76. The summed E-state index contributed by atoms with van der Waals surface area (Å²) < 4.78 is 7.82. The van der Waals surface area contributed by atoms with Gasteiger partial charge in [0, 0.05) is 15.4 Å². The fraction of sp³-hybridized carbons (Fsp3) is 0.0909. The van der Waals surface area contributed by atoms with Crippen LogP contribution in [-0.2, 0) is 0 Å². The molecule has 31 heavy (non-hydrogen) atoms. The van der Waals surface area contributed by atoms with Crippen molar-refractivity contribution in [3.63, 3.8) is 0 Å². The van der Waals surface area contributed by atoms with Gasteiger partial charge < -0.3 is 9.72 Å². The molecule has 0 saturated carbocycles. The van der Waals surface area contributed by atoms with Gasteiger partial charge >= 0.3 is 0 Å². The average molecular weight is 450 g/mol. The van der Waals surface area contributed by atoms with Gasteiger partial charge in [-0.1, -0.05) is 35.3 Å². The van der Waals surface area contributed by atoms with E-state index >= 15 is 0 Å². The zero-order valence-corrected chi connectivity index (χ0v) is 17.6. The topological polar surface area (TPSA) is 85.2 Å². The molecule has 0 bridgehead atoms. The SMILES string of the molecule is Cc1nc2c3c(ncn2n1)Oc1c(c(=O)[nH]c2ccc(Cl)cc12)C3c1ccc(Cl)cc1. The van der Waals surface area contributed by atoms with Crippen LogP contribution in [0.5, 0.6) is 11.6 Å². The third-order valence-corrected chi connectivity index (χ3v) is 5.92. The molecule has 0 radical (unpaired) electrons. The lowest BCUT2D eigenvalue weighted by molar-refractivity contribution is 0.435. The largest absolute Gasteiger partial charge is 0.437 e. The molecule has 1 atom stereocenters. The van der Waals surface area contributed by atoms with E-state index in [1.807, 2.05) is 12.1 Å². The molecule has 2 aromatic carbocycles. The van der Waals surface area contributed by atoms with Crippen LogP contribution >= 0.6 is 23.2 Å². The fourth-order valence-corrected chi connectivity index (χ4v) is 4.45. The van der Waals surface area contributed by atoms with Crippen molar-refractivity contribution in [3.8, 4) is 11.6 Å². The minimum absolute atomic E-state index is 0.256. The molecule has 1 aliphatic heterocycles. The Labute approximate surface area is 185 Å². The first-order chi connectivity index (χ1) is 15.0. The lowest BCUT2D eigenvalue weighted by Crippen LogP contribution is -2.24. The number of H-pyrrole nitrogens is 1. The first-order valence-electron chi connectivity index (χ1n) is 9.50. The van der Waals surface area contributed by atoms with Gasteiger partial charge in [0.25, 0.3) is 5.56 Å². The average Bonchev–Trinajstić information content (AvgIpc) is 3.14. The highest BCUT2D eigenvalue weighted by molar-refractivity contribution is 6.31. The quantitative estimate of drug-likeness (QED) is 0.387. The normalized spacial score (nSPS) is 15.0. The maximum absolute atomic E-state index is 13.3. The molecule has 0 saturated heterocycles. The summed E-state index contributed by atoms with van der Waals surface area (Å²) in [6.07, 6.45) is 1.56. The van der Waals surface area contributed by atoms with Gasteiger partial charge in [0.05, 0.1) is 22.6 Å². The Morgan fingerprint density at radius 2 is 1.84 bits per heavy atom. The number of nitrogens with one attached hydrogen (secondary N) is 1. The number of ether oxygens (including phenoxy) is 1. The molecular formula is C22H13Cl2N5O2. The molecule has 1 N–H and O–H groups in total. The third kappa shape index (κ3) is 2.74. The molecule has 0 amide bonds. The van der Waals surface area contributed by atoms with Crippen molar-refractivity contribution >= 4 is 39.8 Å². The Morgan fingerprint density at radius 3 is 2.65 bits per heavy atom. The Bertz CT molecular complexity index is 1570. The lowest BCUT2D eigenvalue weighted by Gasteiger charge is -2.28. The number of pyridine rings is 1. The van der Waals surface area contributed by atoms with Gasteiger partial charge in [-0.05, 0) is 42.8 Å². The van der Waals surface area contributed by atoms with Crippen molar-refractivity contribution in [1.82, 2.24) is 24.6 Å². The van der Waals surface area contributed by atoms with Gasteiger partial charge in [0.2, 0.25) is 5.88 Å². The van der Waals surface area contributed by atoms with E-state index in [0.29, 0.717) is 55.2 Å². The molecule has 0 fully saturated rings. The Morgan fingerprint density at radius 1 is 1.06 bits per heavy atom. The van der Waals surface area contributed by atoms with Crippen LogP contribution in [0.4, 0.5) is 0 Å². The van der Waals surface area contributed by atoms with Gasteiger partial charge in [-0.25, -0.2) is 14.5 Å². The van der Waals surface area contributed by atoms with E-state index in [4.69, 9.17) is 27.9 Å². The van der Waals surface area contributed by atoms with Gasteiger partial charge in [0.1, 0.15) is 17.9 Å². The van der Waals surface area contributed by atoms with Gasteiger partial charge in [0.15, 0.2) is 5.65 Å². The van der Waals surface area contributed by atoms with Crippen LogP contribution in [0.3, 0.4) is 0 Å². The molecule has 152 valence electrons. The number of fused-ring (bicyclic) bond motifs is 6. The molecular weight excluding hydrogens is 437 g/mol. The number of hydrogen-bond acceptors (Lipinski definition) is 5. The number of rotatable bonds is 1. The van der Waals surface area contributed by atoms with Crippen molar-refractivity contribution in [2.75, 3.05) is 0 Å². The summed E-state index contributed by atoms with van der Waals surface area (Å²) in [6, 6.07) is 12.6. The molecule has 1 unspecified atom stereocenters. The minimum atomic E-state index is -0.483. The van der Waals surface area contributed by atoms with E-state index in [-0.39, 0.29) is 5.56 Å². The van der Waals surface area contributed by atoms with Crippen molar-refractivity contribution in [2.45, 2.75) is 12.8 Å². The molecule has 0 spiro atoms. The van der Waals surface area contributed by atoms with Crippen LogP contribution in [0.25, 0.3) is 16.6 Å². The maximum atomic E-state index is 13.3. The summed E-state index contributed by atoms with van der Waals surface area (Å²) in [5, 5.41) is 6.21. The van der Waals surface area contributed by atoms with E-state index in [2.05, 4.69) is 20.1 Å². The fourth-order valence-electron chi connectivity index (χ4n) is 4.15. The third-order valence-electron chi connectivity index (χ3n) is 5.44. The summed E-state index contributed by atoms with van der Waals surface area (Å²) in [5.41, 5.74) is 2.95. The highest BCUT2D eigenvalue weighted by atomic mass is 35.5. The molecule has 5 aromatic rings. The maximum Gasteiger partial charge on any atom is 0.256 e. The Kier molecular flexibility index (Phi) is 3.87. The molecule has 1 aliphatic rings. The summed E-state index contributed by atoms with van der Waals surface area (Å²) in [7, 11) is 0. The molecule has 6 rings (SSSR count). The molecule has 9 heteroatoms. The lowest BCUT2D eigenvalue weighted by atomic mass is 9.84. The van der Waals surface area contributed by atoms with Crippen molar-refractivity contribution in [3.05, 3.63) is 91.7 Å². The van der Waals surface area contributed by atoms with E-state index in [0.717, 1.165) is 5.56 Å². The summed E-state index contributed by atoms with van der Waals surface area (Å²) in [6.45, 7) is 1.80. The van der Waals surface area contributed by atoms with E-state index in [9.17, 15) is 4.79 Å². The van der Waals surface area contributed by atoms with Crippen LogP contribution in [0.2, 0.25) is 10.0 Å². The second-order valence-electron chi connectivity index (χ2n) is 7.36. The first-order valence-corrected chi connectivity index (χ1v) is 10.3. The minimum Gasteiger partial charge on any atom is -0.437 e. The first kappa shape index (κ1) is 18.4. The van der Waals surface area contributed by atoms with Crippen molar-refractivity contribution in [1.29, 1.82) is 0 Å². The second kappa shape index (κ2) is 6.54. The zero-order valence-electron chi connectivity index (χ0n) is 16.1. The van der Waals surface area contributed by atoms with Gasteiger partial charge in [-0.15, -0.1) is 0 Å². The molecule has 0 aliphatic carbocycles. The predicted octanol–water partition coefficient (Wildman–Crippen LogP) is 4.87. The summed E-state index contributed by atoms with van der Waals surface area (Å²) >= 11 is 12.4. The zero-order chi connectivity index (χ0) is 21.3. The van der Waals surface area contributed by atoms with Gasteiger partial charge in [-0.2, -0.15) is 5.10 Å². The predicted molar refractivity (Wildman–Crippen MR) is 118 cm³/mol. The molecule has 4 heterocycles. The number of halogens is 2. The smallest absolute Gasteiger partial charge is 0.256 e. The molecule has 7 nitrogen and oxygen atoms in total.